The lowest BCUT2D eigenvalue weighted by Crippen LogP contribution is -2.46. The van der Waals surface area contributed by atoms with Crippen molar-refractivity contribution >= 4 is 41.6 Å². The van der Waals surface area contributed by atoms with Gasteiger partial charge in [0.25, 0.3) is 0 Å². The fourth-order valence-electron chi connectivity index (χ4n) is 4.12. The third-order valence-corrected chi connectivity index (χ3v) is 5.91. The summed E-state index contributed by atoms with van der Waals surface area (Å²) < 4.78 is 14.0. The molecule has 2 aromatic heterocycles. The third-order valence-electron chi connectivity index (χ3n) is 5.91. The molecule has 32 heavy (non-hydrogen) atoms. The molecule has 0 aliphatic carbocycles. The van der Waals surface area contributed by atoms with E-state index in [0.717, 1.165) is 56.5 Å². The molecule has 2 aliphatic heterocycles. The Morgan fingerprint density at radius 3 is 2.50 bits per heavy atom. The lowest BCUT2D eigenvalue weighted by molar-refractivity contribution is 0.312. The summed E-state index contributed by atoms with van der Waals surface area (Å²) in [5.41, 5.74) is 1.15. The molecule has 1 unspecified atom stereocenters. The van der Waals surface area contributed by atoms with Gasteiger partial charge in [0.2, 0.25) is 0 Å². The molecule has 2 fully saturated rings. The molecule has 2 aliphatic rings. The predicted octanol–water partition coefficient (Wildman–Crippen LogP) is 1.93. The second-order valence-electron chi connectivity index (χ2n) is 8.09. The van der Waals surface area contributed by atoms with E-state index in [1.807, 2.05) is 17.2 Å². The van der Waals surface area contributed by atoms with Gasteiger partial charge in [0, 0.05) is 76.9 Å². The first kappa shape index (κ1) is 24.4. The van der Waals surface area contributed by atoms with Crippen molar-refractivity contribution in [1.29, 1.82) is 0 Å². The van der Waals surface area contributed by atoms with Crippen molar-refractivity contribution in [3.63, 3.8) is 0 Å². The quantitative estimate of drug-likeness (QED) is 0.333. The smallest absolute Gasteiger partial charge is 0.191 e. The molecule has 4 rings (SSSR count). The van der Waals surface area contributed by atoms with Gasteiger partial charge in [0.1, 0.15) is 5.82 Å². The number of piperazine rings is 1. The molecule has 1 atom stereocenters. The van der Waals surface area contributed by atoms with E-state index in [1.165, 1.54) is 6.07 Å². The molecule has 0 aromatic carbocycles. The standard InChI is InChI=1S/C22H31FN8.HI/c1-24-22(28-18-7-10-31(16-18)21-19(23)6-4-9-26-21)27-15-17-5-3-8-25-20(17)30-13-11-29(2)12-14-30;/h3-6,8-9,18H,7,10-16H2,1-2H3,(H2,24,27,28);1H. The molecule has 0 radical (unpaired) electrons. The largest absolute Gasteiger partial charge is 0.354 e. The van der Waals surface area contributed by atoms with Gasteiger partial charge in [0.05, 0.1) is 0 Å². The van der Waals surface area contributed by atoms with Crippen molar-refractivity contribution in [2.75, 3.05) is 63.2 Å². The zero-order valence-corrected chi connectivity index (χ0v) is 21.0. The molecule has 2 aromatic rings. The summed E-state index contributed by atoms with van der Waals surface area (Å²) in [6.07, 6.45) is 4.38. The highest BCUT2D eigenvalue weighted by Gasteiger charge is 2.26. The van der Waals surface area contributed by atoms with Crippen molar-refractivity contribution in [3.8, 4) is 0 Å². The van der Waals surface area contributed by atoms with Gasteiger partial charge in [-0.2, -0.15) is 0 Å². The van der Waals surface area contributed by atoms with Gasteiger partial charge in [-0.05, 0) is 31.7 Å². The molecule has 0 amide bonds. The lowest BCUT2D eigenvalue weighted by atomic mass is 10.2. The monoisotopic (exact) mass is 554 g/mol. The molecule has 0 bridgehead atoms. The second kappa shape index (κ2) is 11.6. The fraction of sp³-hybridized carbons (Fsp3) is 0.500. The Hall–Kier alpha value is -2.21. The number of guanidine groups is 1. The van der Waals surface area contributed by atoms with E-state index in [9.17, 15) is 4.39 Å². The molecule has 10 heteroatoms. The number of nitrogens with zero attached hydrogens (tertiary/aromatic N) is 6. The van der Waals surface area contributed by atoms with Crippen molar-refractivity contribution < 1.29 is 4.39 Å². The highest BCUT2D eigenvalue weighted by Crippen LogP contribution is 2.21. The Kier molecular flexibility index (Phi) is 8.85. The van der Waals surface area contributed by atoms with Gasteiger partial charge in [-0.3, -0.25) is 4.99 Å². The van der Waals surface area contributed by atoms with E-state index in [4.69, 9.17) is 0 Å². The number of anilines is 2. The Balaban J connectivity index is 0.00000289. The van der Waals surface area contributed by atoms with Crippen molar-refractivity contribution in [2.24, 2.45) is 4.99 Å². The lowest BCUT2D eigenvalue weighted by Gasteiger charge is -2.34. The van der Waals surface area contributed by atoms with Crippen LogP contribution in [0, 0.1) is 5.82 Å². The summed E-state index contributed by atoms with van der Waals surface area (Å²) in [6, 6.07) is 7.34. The van der Waals surface area contributed by atoms with Crippen molar-refractivity contribution in [3.05, 3.63) is 48.0 Å². The minimum absolute atomic E-state index is 0. The van der Waals surface area contributed by atoms with Crippen LogP contribution in [0.3, 0.4) is 0 Å². The summed E-state index contributed by atoms with van der Waals surface area (Å²) in [4.78, 5) is 19.9. The topological polar surface area (TPSA) is 71.9 Å². The molecule has 0 saturated carbocycles. The molecule has 4 heterocycles. The van der Waals surface area contributed by atoms with Crippen LogP contribution in [-0.4, -0.2) is 80.2 Å². The number of hydrogen-bond acceptors (Lipinski definition) is 6. The Bertz CT molecular complexity index is 903. The summed E-state index contributed by atoms with van der Waals surface area (Å²) in [5, 5.41) is 6.89. The number of aromatic nitrogens is 2. The molecule has 2 saturated heterocycles. The number of aliphatic imine (C=N–C) groups is 1. The molecular weight excluding hydrogens is 522 g/mol. The van der Waals surface area contributed by atoms with Crippen LogP contribution < -0.4 is 20.4 Å². The van der Waals surface area contributed by atoms with Crippen molar-refractivity contribution in [1.82, 2.24) is 25.5 Å². The highest BCUT2D eigenvalue weighted by molar-refractivity contribution is 14.0. The van der Waals surface area contributed by atoms with Gasteiger partial charge in [0.15, 0.2) is 17.6 Å². The van der Waals surface area contributed by atoms with Gasteiger partial charge < -0.3 is 25.3 Å². The minimum Gasteiger partial charge on any atom is -0.354 e. The first-order valence-electron chi connectivity index (χ1n) is 10.8. The number of rotatable bonds is 5. The molecule has 174 valence electrons. The third kappa shape index (κ3) is 5.97. The average molecular weight is 554 g/mol. The normalized spacial score (nSPS) is 19.6. The number of nitrogens with one attached hydrogen (secondary N) is 2. The number of hydrogen-bond donors (Lipinski definition) is 2. The van der Waals surface area contributed by atoms with E-state index in [1.54, 1.807) is 19.3 Å². The number of likely N-dealkylation sites (N-methyl/N-ethyl adjacent to an activating group) is 1. The maximum atomic E-state index is 14.0. The van der Waals surface area contributed by atoms with E-state index in [2.05, 4.69) is 48.5 Å². The fourth-order valence-corrected chi connectivity index (χ4v) is 4.12. The summed E-state index contributed by atoms with van der Waals surface area (Å²) in [6.45, 7) is 6.14. The summed E-state index contributed by atoms with van der Waals surface area (Å²) in [7, 11) is 3.92. The summed E-state index contributed by atoms with van der Waals surface area (Å²) in [5.74, 6) is 1.92. The van der Waals surface area contributed by atoms with Gasteiger partial charge in [-0.25, -0.2) is 14.4 Å². The molecule has 8 nitrogen and oxygen atoms in total. The first-order chi connectivity index (χ1) is 15.1. The van der Waals surface area contributed by atoms with Crippen LogP contribution >= 0.6 is 24.0 Å². The predicted molar refractivity (Wildman–Crippen MR) is 138 cm³/mol. The van der Waals surface area contributed by atoms with Crippen molar-refractivity contribution in [2.45, 2.75) is 19.0 Å². The zero-order valence-electron chi connectivity index (χ0n) is 18.7. The average Bonchev–Trinajstić information content (AvgIpc) is 3.26. The Morgan fingerprint density at radius 1 is 1.06 bits per heavy atom. The number of pyridine rings is 2. The molecule has 0 spiro atoms. The van der Waals surface area contributed by atoms with Crippen LogP contribution in [0.2, 0.25) is 0 Å². The second-order valence-corrected chi connectivity index (χ2v) is 8.09. The van der Waals surface area contributed by atoms with Crippen LogP contribution in [0.1, 0.15) is 12.0 Å². The van der Waals surface area contributed by atoms with Crippen LogP contribution in [0.25, 0.3) is 0 Å². The van der Waals surface area contributed by atoms with E-state index in [0.29, 0.717) is 18.9 Å². The SMILES string of the molecule is CN=C(NCc1cccnc1N1CCN(C)CC1)NC1CCN(c2ncccc2F)C1.I. The van der Waals surface area contributed by atoms with Crippen LogP contribution in [0.5, 0.6) is 0 Å². The van der Waals surface area contributed by atoms with Crippen LogP contribution in [-0.2, 0) is 6.54 Å². The molecular formula is C22H32FIN8. The maximum absolute atomic E-state index is 14.0. The zero-order chi connectivity index (χ0) is 21.6. The molecule has 2 N–H and O–H groups in total. The van der Waals surface area contributed by atoms with Crippen LogP contribution in [0.15, 0.2) is 41.7 Å². The van der Waals surface area contributed by atoms with Gasteiger partial charge in [-0.15, -0.1) is 24.0 Å². The van der Waals surface area contributed by atoms with Gasteiger partial charge in [-0.1, -0.05) is 6.07 Å². The first-order valence-corrected chi connectivity index (χ1v) is 10.8. The van der Waals surface area contributed by atoms with Gasteiger partial charge >= 0.3 is 0 Å². The number of halogens is 2. The van der Waals surface area contributed by atoms with Crippen LogP contribution in [0.4, 0.5) is 16.0 Å². The van der Waals surface area contributed by atoms with E-state index >= 15 is 0 Å². The van der Waals surface area contributed by atoms with E-state index in [-0.39, 0.29) is 35.8 Å². The van der Waals surface area contributed by atoms with E-state index < -0.39 is 0 Å². The Labute approximate surface area is 206 Å². The highest BCUT2D eigenvalue weighted by atomic mass is 127. The maximum Gasteiger partial charge on any atom is 0.191 e. The minimum atomic E-state index is -0.279. The Morgan fingerprint density at radius 2 is 1.78 bits per heavy atom. The summed E-state index contributed by atoms with van der Waals surface area (Å²) >= 11 is 0.